The third-order valence-electron chi connectivity index (χ3n) is 9.63. The molecule has 5 rings (SSSR count). The minimum absolute atomic E-state index is 0.233. The summed E-state index contributed by atoms with van der Waals surface area (Å²) in [5.41, 5.74) is -0.338. The van der Waals surface area contributed by atoms with Gasteiger partial charge in [-0.2, -0.15) is 21.3 Å². The molecule has 0 bridgehead atoms. The highest BCUT2D eigenvalue weighted by Crippen LogP contribution is 2.48. The molecule has 0 unspecified atom stereocenters. The molecule has 0 aromatic heterocycles. The molecule has 232 valence electrons. The topological polar surface area (TPSA) is 90.5 Å². The molecule has 2 saturated carbocycles. The van der Waals surface area contributed by atoms with E-state index in [9.17, 15) is 16.8 Å². The van der Waals surface area contributed by atoms with Crippen LogP contribution in [0.15, 0.2) is 29.2 Å². The van der Waals surface area contributed by atoms with Gasteiger partial charge in [0.25, 0.3) is 10.2 Å². The quantitative estimate of drug-likeness (QED) is 0.460. The summed E-state index contributed by atoms with van der Waals surface area (Å²) in [5, 5.41) is 0. The van der Waals surface area contributed by atoms with Crippen molar-refractivity contribution in [2.45, 2.75) is 81.9 Å². The van der Waals surface area contributed by atoms with Gasteiger partial charge in [-0.15, -0.1) is 0 Å². The second-order valence-electron chi connectivity index (χ2n) is 12.8. The van der Waals surface area contributed by atoms with Crippen LogP contribution < -0.4 is 4.74 Å². The SMILES string of the molecule is COc1cccc(S(=O)(=O)N2CCCN(CC3CCCCC3)CCCN(S(=O)(=O)N3CCCCC3)CC3(CC3)C2)c1. The Morgan fingerprint density at radius 3 is 2.02 bits per heavy atom. The first-order valence-corrected chi connectivity index (χ1v) is 18.7. The van der Waals surface area contributed by atoms with Crippen molar-refractivity contribution in [3.8, 4) is 5.75 Å². The van der Waals surface area contributed by atoms with Gasteiger partial charge in [0.1, 0.15) is 5.75 Å². The van der Waals surface area contributed by atoms with Gasteiger partial charge >= 0.3 is 0 Å². The van der Waals surface area contributed by atoms with E-state index in [-0.39, 0.29) is 10.3 Å². The zero-order chi connectivity index (χ0) is 28.9. The molecule has 2 saturated heterocycles. The van der Waals surface area contributed by atoms with Crippen LogP contribution in [0.2, 0.25) is 0 Å². The number of sulfonamides is 1. The Labute approximate surface area is 248 Å². The first-order valence-electron chi connectivity index (χ1n) is 15.8. The third kappa shape index (κ3) is 7.84. The van der Waals surface area contributed by atoms with Gasteiger partial charge in [0.15, 0.2) is 0 Å². The molecule has 9 nitrogen and oxygen atoms in total. The number of hydrogen-bond donors (Lipinski definition) is 0. The first-order chi connectivity index (χ1) is 19.7. The zero-order valence-corrected chi connectivity index (χ0v) is 26.5. The van der Waals surface area contributed by atoms with Crippen molar-refractivity contribution in [3.05, 3.63) is 24.3 Å². The lowest BCUT2D eigenvalue weighted by molar-refractivity contribution is 0.174. The number of methoxy groups -OCH3 is 1. The minimum atomic E-state index is -3.78. The third-order valence-corrected chi connectivity index (χ3v) is 13.5. The summed E-state index contributed by atoms with van der Waals surface area (Å²) in [5.74, 6) is 1.19. The fourth-order valence-corrected chi connectivity index (χ4v) is 10.5. The van der Waals surface area contributed by atoms with Crippen LogP contribution in [0, 0.1) is 11.3 Å². The molecule has 1 aromatic rings. The van der Waals surface area contributed by atoms with Crippen molar-refractivity contribution in [2.75, 3.05) is 66.0 Å². The van der Waals surface area contributed by atoms with Crippen molar-refractivity contribution in [3.63, 3.8) is 0 Å². The molecule has 4 aliphatic rings. The number of ether oxygens (including phenoxy) is 1. The van der Waals surface area contributed by atoms with Gasteiger partial charge in [-0.25, -0.2) is 8.42 Å². The molecule has 41 heavy (non-hydrogen) atoms. The molecule has 2 aliphatic heterocycles. The largest absolute Gasteiger partial charge is 0.497 e. The summed E-state index contributed by atoms with van der Waals surface area (Å²) < 4.78 is 66.3. The number of rotatable bonds is 7. The standard InChI is InChI=1S/C30H50N4O5S2/c1-39-28-13-8-14-29(23-28)40(35,36)33-21-9-17-31(24-27-11-4-2-5-12-27)18-10-22-34(26-30(25-33)15-16-30)41(37,38)32-19-6-3-7-20-32/h8,13-14,23,27H,2-7,9-12,15-22,24-26H2,1H3. The van der Waals surface area contributed by atoms with Crippen LogP contribution >= 0.6 is 0 Å². The van der Waals surface area contributed by atoms with Gasteiger partial charge in [0.05, 0.1) is 12.0 Å². The molecule has 0 atom stereocenters. The normalized spacial score (nSPS) is 25.4. The van der Waals surface area contributed by atoms with E-state index in [0.29, 0.717) is 50.9 Å². The molecule has 4 fully saturated rings. The van der Waals surface area contributed by atoms with Crippen molar-refractivity contribution in [2.24, 2.45) is 11.3 Å². The maximum atomic E-state index is 14.0. The van der Waals surface area contributed by atoms with E-state index < -0.39 is 20.2 Å². The summed E-state index contributed by atoms with van der Waals surface area (Å²) in [6.07, 6.45) is 12.5. The highest BCUT2D eigenvalue weighted by atomic mass is 32.2. The summed E-state index contributed by atoms with van der Waals surface area (Å²) in [6, 6.07) is 6.70. The molecule has 11 heteroatoms. The molecule has 1 aromatic carbocycles. The van der Waals surface area contributed by atoms with Crippen LogP contribution in [0.5, 0.6) is 5.75 Å². The van der Waals surface area contributed by atoms with Gasteiger partial charge in [-0.05, 0) is 87.9 Å². The van der Waals surface area contributed by atoms with E-state index in [0.717, 1.165) is 64.6 Å². The second kappa shape index (κ2) is 13.6. The monoisotopic (exact) mass is 610 g/mol. The van der Waals surface area contributed by atoms with E-state index in [1.54, 1.807) is 44.3 Å². The number of piperidine rings is 1. The summed E-state index contributed by atoms with van der Waals surface area (Å²) in [6.45, 7) is 5.51. The van der Waals surface area contributed by atoms with E-state index in [4.69, 9.17) is 4.74 Å². The molecular weight excluding hydrogens is 560 g/mol. The predicted molar refractivity (Wildman–Crippen MR) is 162 cm³/mol. The Balaban J connectivity index is 1.41. The number of benzene rings is 1. The highest BCUT2D eigenvalue weighted by Gasteiger charge is 2.49. The van der Waals surface area contributed by atoms with Crippen LogP contribution in [-0.2, 0) is 20.2 Å². The maximum Gasteiger partial charge on any atom is 0.281 e. The van der Waals surface area contributed by atoms with E-state index in [2.05, 4.69) is 4.90 Å². The van der Waals surface area contributed by atoms with Crippen molar-refractivity contribution < 1.29 is 21.6 Å². The Morgan fingerprint density at radius 2 is 1.37 bits per heavy atom. The molecule has 2 heterocycles. The number of nitrogens with zero attached hydrogens (tertiary/aromatic N) is 4. The lowest BCUT2D eigenvalue weighted by atomic mass is 9.89. The first kappa shape index (κ1) is 31.2. The smallest absolute Gasteiger partial charge is 0.281 e. The Bertz CT molecular complexity index is 1210. The van der Waals surface area contributed by atoms with E-state index in [1.807, 2.05) is 0 Å². The molecule has 1 spiro atoms. The molecule has 0 radical (unpaired) electrons. The highest BCUT2D eigenvalue weighted by molar-refractivity contribution is 7.89. The summed E-state index contributed by atoms with van der Waals surface area (Å²) in [4.78, 5) is 2.71. The molecular formula is C30H50N4O5S2. The lowest BCUT2D eigenvalue weighted by Gasteiger charge is -2.37. The van der Waals surface area contributed by atoms with Gasteiger partial charge in [0.2, 0.25) is 10.0 Å². The molecule has 0 N–H and O–H groups in total. The summed E-state index contributed by atoms with van der Waals surface area (Å²) in [7, 11) is -5.83. The van der Waals surface area contributed by atoms with Crippen molar-refractivity contribution >= 4 is 20.2 Å². The Hall–Kier alpha value is -1.24. The average molecular weight is 611 g/mol. The van der Waals surface area contributed by atoms with Crippen LogP contribution in [0.3, 0.4) is 0 Å². The van der Waals surface area contributed by atoms with Crippen LogP contribution in [0.25, 0.3) is 0 Å². The fraction of sp³-hybridized carbons (Fsp3) is 0.800. The van der Waals surface area contributed by atoms with Gasteiger partial charge in [-0.3, -0.25) is 0 Å². The Kier molecular flexibility index (Phi) is 10.3. The van der Waals surface area contributed by atoms with Crippen molar-refractivity contribution in [1.82, 2.24) is 17.8 Å². The zero-order valence-electron chi connectivity index (χ0n) is 24.9. The molecule has 0 amide bonds. The van der Waals surface area contributed by atoms with Gasteiger partial charge < -0.3 is 9.64 Å². The minimum Gasteiger partial charge on any atom is -0.497 e. The van der Waals surface area contributed by atoms with Crippen LogP contribution in [0.4, 0.5) is 0 Å². The number of hydrogen-bond acceptors (Lipinski definition) is 6. The Morgan fingerprint density at radius 1 is 0.756 bits per heavy atom. The van der Waals surface area contributed by atoms with Gasteiger partial charge in [0, 0.05) is 51.9 Å². The predicted octanol–water partition coefficient (Wildman–Crippen LogP) is 4.17. The average Bonchev–Trinajstić information content (AvgIpc) is 3.75. The fourth-order valence-electron chi connectivity index (χ4n) is 6.99. The summed E-state index contributed by atoms with van der Waals surface area (Å²) >= 11 is 0. The van der Waals surface area contributed by atoms with Crippen LogP contribution in [0.1, 0.15) is 77.0 Å². The van der Waals surface area contributed by atoms with Crippen molar-refractivity contribution in [1.29, 1.82) is 0 Å². The van der Waals surface area contributed by atoms with Crippen LogP contribution in [-0.4, -0.2) is 101 Å². The van der Waals surface area contributed by atoms with Gasteiger partial charge in [-0.1, -0.05) is 31.7 Å². The lowest BCUT2D eigenvalue weighted by Crippen LogP contribution is -2.50. The molecule has 2 aliphatic carbocycles. The van der Waals surface area contributed by atoms with E-state index in [1.165, 1.54) is 32.1 Å². The second-order valence-corrected chi connectivity index (χ2v) is 16.7. The van der Waals surface area contributed by atoms with E-state index >= 15 is 0 Å². The maximum absolute atomic E-state index is 14.0.